The SMILES string of the molecule is COc1ccccc1OCCn1ccc2cccc(N)c21. The van der Waals surface area contributed by atoms with Gasteiger partial charge in [0.25, 0.3) is 0 Å². The average molecular weight is 282 g/mol. The zero-order valence-electron chi connectivity index (χ0n) is 12.0. The second kappa shape index (κ2) is 5.79. The van der Waals surface area contributed by atoms with Crippen LogP contribution in [0, 0.1) is 0 Å². The first-order valence-corrected chi connectivity index (χ1v) is 6.89. The van der Waals surface area contributed by atoms with E-state index < -0.39 is 0 Å². The van der Waals surface area contributed by atoms with Gasteiger partial charge in [-0.05, 0) is 24.3 Å². The van der Waals surface area contributed by atoms with Crippen LogP contribution in [0.2, 0.25) is 0 Å². The van der Waals surface area contributed by atoms with E-state index in [9.17, 15) is 0 Å². The fourth-order valence-corrected chi connectivity index (χ4v) is 2.47. The van der Waals surface area contributed by atoms with Gasteiger partial charge < -0.3 is 19.8 Å². The number of nitrogens with two attached hydrogens (primary N) is 1. The smallest absolute Gasteiger partial charge is 0.161 e. The Morgan fingerprint density at radius 3 is 2.62 bits per heavy atom. The highest BCUT2D eigenvalue weighted by molar-refractivity contribution is 5.90. The van der Waals surface area contributed by atoms with Crippen LogP contribution in [-0.4, -0.2) is 18.3 Å². The van der Waals surface area contributed by atoms with Gasteiger partial charge in [-0.2, -0.15) is 0 Å². The number of nitrogens with zero attached hydrogens (tertiary/aromatic N) is 1. The molecule has 0 saturated carbocycles. The monoisotopic (exact) mass is 282 g/mol. The number of methoxy groups -OCH3 is 1. The Bertz CT molecular complexity index is 749. The third kappa shape index (κ3) is 2.65. The number of hydrogen-bond acceptors (Lipinski definition) is 3. The first-order valence-electron chi connectivity index (χ1n) is 6.89. The van der Waals surface area contributed by atoms with Gasteiger partial charge in [-0.3, -0.25) is 0 Å². The van der Waals surface area contributed by atoms with E-state index in [1.165, 1.54) is 0 Å². The van der Waals surface area contributed by atoms with E-state index in [0.717, 1.165) is 34.6 Å². The molecule has 1 heterocycles. The number of anilines is 1. The summed E-state index contributed by atoms with van der Waals surface area (Å²) in [6.45, 7) is 1.29. The van der Waals surface area contributed by atoms with Gasteiger partial charge in [0, 0.05) is 11.6 Å². The lowest BCUT2D eigenvalue weighted by atomic mass is 10.2. The number of para-hydroxylation sites is 3. The average Bonchev–Trinajstić information content (AvgIpc) is 2.92. The van der Waals surface area contributed by atoms with Crippen molar-refractivity contribution >= 4 is 16.6 Å². The molecule has 0 fully saturated rings. The number of hydrogen-bond donors (Lipinski definition) is 1. The van der Waals surface area contributed by atoms with E-state index in [1.807, 2.05) is 42.6 Å². The molecule has 1 aromatic heterocycles. The van der Waals surface area contributed by atoms with Crippen LogP contribution in [0.5, 0.6) is 11.5 Å². The molecule has 108 valence electrons. The van der Waals surface area contributed by atoms with Gasteiger partial charge in [0.15, 0.2) is 11.5 Å². The molecule has 4 heteroatoms. The second-order valence-corrected chi connectivity index (χ2v) is 4.79. The Hall–Kier alpha value is -2.62. The summed E-state index contributed by atoms with van der Waals surface area (Å²) in [4.78, 5) is 0. The van der Waals surface area contributed by atoms with E-state index in [4.69, 9.17) is 15.2 Å². The van der Waals surface area contributed by atoms with Crippen molar-refractivity contribution in [3.63, 3.8) is 0 Å². The Balaban J connectivity index is 1.72. The molecule has 0 atom stereocenters. The normalized spacial score (nSPS) is 10.7. The summed E-state index contributed by atoms with van der Waals surface area (Å²) in [6, 6.07) is 15.7. The topological polar surface area (TPSA) is 49.4 Å². The number of rotatable bonds is 5. The molecule has 0 aliphatic heterocycles. The minimum absolute atomic E-state index is 0.554. The standard InChI is InChI=1S/C17H18N2O2/c1-20-15-7-2-3-8-16(15)21-12-11-19-10-9-13-5-4-6-14(18)17(13)19/h2-10H,11-12,18H2,1H3. The Morgan fingerprint density at radius 1 is 1.00 bits per heavy atom. The molecule has 0 radical (unpaired) electrons. The minimum atomic E-state index is 0.554. The molecule has 3 rings (SSSR count). The van der Waals surface area contributed by atoms with Crippen LogP contribution < -0.4 is 15.2 Å². The molecule has 0 aliphatic rings. The van der Waals surface area contributed by atoms with Crippen LogP contribution in [0.15, 0.2) is 54.7 Å². The largest absolute Gasteiger partial charge is 0.493 e. The molecule has 0 unspecified atom stereocenters. The van der Waals surface area contributed by atoms with Gasteiger partial charge >= 0.3 is 0 Å². The van der Waals surface area contributed by atoms with E-state index in [2.05, 4.69) is 16.7 Å². The Labute approximate surface area is 123 Å². The Kier molecular flexibility index (Phi) is 3.69. The van der Waals surface area contributed by atoms with Gasteiger partial charge in [-0.1, -0.05) is 24.3 Å². The molecule has 0 bridgehead atoms. The van der Waals surface area contributed by atoms with Crippen molar-refractivity contribution in [2.75, 3.05) is 19.5 Å². The van der Waals surface area contributed by atoms with E-state index in [-0.39, 0.29) is 0 Å². The fourth-order valence-electron chi connectivity index (χ4n) is 2.47. The summed E-state index contributed by atoms with van der Waals surface area (Å²) in [6.07, 6.45) is 2.03. The molecule has 0 aliphatic carbocycles. The highest BCUT2D eigenvalue weighted by atomic mass is 16.5. The van der Waals surface area contributed by atoms with Crippen LogP contribution in [0.4, 0.5) is 5.69 Å². The van der Waals surface area contributed by atoms with Crippen molar-refractivity contribution in [1.29, 1.82) is 0 Å². The van der Waals surface area contributed by atoms with E-state index >= 15 is 0 Å². The number of aromatic nitrogens is 1. The highest BCUT2D eigenvalue weighted by Crippen LogP contribution is 2.26. The summed E-state index contributed by atoms with van der Waals surface area (Å²) >= 11 is 0. The molecular formula is C17H18N2O2. The summed E-state index contributed by atoms with van der Waals surface area (Å²) in [5.41, 5.74) is 7.89. The maximum absolute atomic E-state index is 6.05. The third-order valence-electron chi connectivity index (χ3n) is 3.48. The first-order chi connectivity index (χ1) is 10.3. The summed E-state index contributed by atoms with van der Waals surface area (Å²) in [5.74, 6) is 1.50. The zero-order chi connectivity index (χ0) is 14.7. The van der Waals surface area contributed by atoms with Gasteiger partial charge in [-0.15, -0.1) is 0 Å². The van der Waals surface area contributed by atoms with Gasteiger partial charge in [-0.25, -0.2) is 0 Å². The first kappa shape index (κ1) is 13.4. The quantitative estimate of drug-likeness (QED) is 0.730. The molecule has 0 amide bonds. The number of nitrogen functional groups attached to an aromatic ring is 1. The molecule has 4 nitrogen and oxygen atoms in total. The van der Waals surface area contributed by atoms with Crippen LogP contribution in [0.1, 0.15) is 0 Å². The molecule has 21 heavy (non-hydrogen) atoms. The van der Waals surface area contributed by atoms with Crippen LogP contribution in [0.25, 0.3) is 10.9 Å². The molecule has 2 aromatic carbocycles. The van der Waals surface area contributed by atoms with Crippen molar-refractivity contribution in [3.8, 4) is 11.5 Å². The van der Waals surface area contributed by atoms with Gasteiger partial charge in [0.1, 0.15) is 6.61 Å². The lowest BCUT2D eigenvalue weighted by Crippen LogP contribution is -2.08. The molecule has 2 N–H and O–H groups in total. The number of fused-ring (bicyclic) bond motifs is 1. The summed E-state index contributed by atoms with van der Waals surface area (Å²) in [5, 5.41) is 1.15. The van der Waals surface area contributed by atoms with Crippen molar-refractivity contribution in [2.24, 2.45) is 0 Å². The van der Waals surface area contributed by atoms with Crippen molar-refractivity contribution in [3.05, 3.63) is 54.7 Å². The van der Waals surface area contributed by atoms with Gasteiger partial charge in [0.2, 0.25) is 0 Å². The molecule has 3 aromatic rings. The molecule has 0 saturated heterocycles. The Morgan fingerprint density at radius 2 is 1.81 bits per heavy atom. The van der Waals surface area contributed by atoms with Crippen molar-refractivity contribution in [1.82, 2.24) is 4.57 Å². The lowest BCUT2D eigenvalue weighted by Gasteiger charge is -2.11. The summed E-state index contributed by atoms with van der Waals surface area (Å²) < 4.78 is 13.2. The molecule has 0 spiro atoms. The maximum atomic E-state index is 6.05. The predicted octanol–water partition coefficient (Wildman–Crippen LogP) is 3.31. The minimum Gasteiger partial charge on any atom is -0.493 e. The fraction of sp³-hybridized carbons (Fsp3) is 0.176. The maximum Gasteiger partial charge on any atom is 0.161 e. The van der Waals surface area contributed by atoms with Crippen molar-refractivity contribution < 1.29 is 9.47 Å². The van der Waals surface area contributed by atoms with Gasteiger partial charge in [0.05, 0.1) is 24.9 Å². The van der Waals surface area contributed by atoms with Crippen molar-refractivity contribution in [2.45, 2.75) is 6.54 Å². The second-order valence-electron chi connectivity index (χ2n) is 4.79. The number of ether oxygens (including phenoxy) is 2. The third-order valence-corrected chi connectivity index (χ3v) is 3.48. The van der Waals surface area contributed by atoms with Crippen LogP contribution in [-0.2, 0) is 6.54 Å². The summed E-state index contributed by atoms with van der Waals surface area (Å²) in [7, 11) is 1.64. The van der Waals surface area contributed by atoms with Crippen LogP contribution in [0.3, 0.4) is 0 Å². The molecular weight excluding hydrogens is 264 g/mol. The van der Waals surface area contributed by atoms with Crippen LogP contribution >= 0.6 is 0 Å². The van der Waals surface area contributed by atoms with E-state index in [1.54, 1.807) is 7.11 Å². The highest BCUT2D eigenvalue weighted by Gasteiger charge is 2.06. The lowest BCUT2D eigenvalue weighted by molar-refractivity contribution is 0.281. The predicted molar refractivity (Wildman–Crippen MR) is 84.8 cm³/mol. The van der Waals surface area contributed by atoms with E-state index in [0.29, 0.717) is 6.61 Å². The number of benzene rings is 2. The zero-order valence-corrected chi connectivity index (χ0v) is 12.0.